The molecule has 0 bridgehead atoms. The van der Waals surface area contributed by atoms with Crippen molar-refractivity contribution < 1.29 is 9.13 Å². The van der Waals surface area contributed by atoms with E-state index in [0.717, 1.165) is 52.4 Å². The van der Waals surface area contributed by atoms with Gasteiger partial charge >= 0.3 is 0 Å². The first-order valence-electron chi connectivity index (χ1n) is 10.3. The molecule has 0 radical (unpaired) electrons. The number of anilines is 1. The summed E-state index contributed by atoms with van der Waals surface area (Å²) in [4.78, 5) is 4.28. The summed E-state index contributed by atoms with van der Waals surface area (Å²) in [6.45, 7) is 2.83. The lowest BCUT2D eigenvalue weighted by molar-refractivity contribution is 0.325. The molecule has 1 aromatic carbocycles. The first-order chi connectivity index (χ1) is 15.1. The fourth-order valence-corrected chi connectivity index (χ4v) is 4.97. The Bertz CT molecular complexity index is 1350. The highest BCUT2D eigenvalue weighted by atomic mass is 35.5. The molecule has 8 heteroatoms. The molecule has 0 aliphatic carbocycles. The summed E-state index contributed by atoms with van der Waals surface area (Å²) in [6.07, 6.45) is 5.09. The number of fused-ring (bicyclic) bond motifs is 3. The third kappa shape index (κ3) is 2.80. The number of ether oxygens (including phenoxy) is 1. The second kappa shape index (κ2) is 6.92. The maximum atomic E-state index is 14.7. The Morgan fingerprint density at radius 2 is 2.16 bits per heavy atom. The van der Waals surface area contributed by atoms with Gasteiger partial charge in [0, 0.05) is 40.9 Å². The molecule has 0 amide bonds. The average molecular weight is 436 g/mol. The number of aryl methyl sites for hydroxylation is 2. The summed E-state index contributed by atoms with van der Waals surface area (Å²) < 4.78 is 22.5. The lowest BCUT2D eigenvalue weighted by Gasteiger charge is -2.17. The van der Waals surface area contributed by atoms with Crippen LogP contribution in [0.4, 0.5) is 10.2 Å². The number of nitrogens with one attached hydrogen (secondary N) is 1. The molecule has 0 saturated carbocycles. The molecule has 2 aliphatic rings. The normalized spacial score (nSPS) is 17.2. The van der Waals surface area contributed by atoms with Crippen LogP contribution < -0.4 is 10.1 Å². The zero-order chi connectivity index (χ0) is 21.1. The molecule has 0 fully saturated rings. The summed E-state index contributed by atoms with van der Waals surface area (Å²) in [7, 11) is 0. The quantitative estimate of drug-likeness (QED) is 0.459. The molecule has 156 valence electrons. The predicted octanol–water partition coefficient (Wildman–Crippen LogP) is 4.93. The molecular formula is C23H19ClFN5O. The van der Waals surface area contributed by atoms with Crippen molar-refractivity contribution >= 4 is 23.1 Å². The molecule has 0 spiro atoms. The predicted molar refractivity (Wildman–Crippen MR) is 116 cm³/mol. The molecule has 0 unspecified atom stereocenters. The molecule has 3 aromatic heterocycles. The highest BCUT2D eigenvalue weighted by Crippen LogP contribution is 2.42. The van der Waals surface area contributed by atoms with E-state index in [-0.39, 0.29) is 11.7 Å². The van der Waals surface area contributed by atoms with E-state index in [1.54, 1.807) is 18.6 Å². The number of hydrogen-bond donors (Lipinski definition) is 1. The van der Waals surface area contributed by atoms with E-state index in [4.69, 9.17) is 16.3 Å². The standard InChI is InChI=1S/C23H19ClFN5O/c1-12-21(24)15(6-7-26-12)16-8-13-2-3-14-10-31-19-5-4-18(25)17(20(14)19)9-27-22(13)30-11-28-29-23(16)30/h4-8,11,14,27H,2-3,9-10H2,1H3/t14-/m0/s1. The zero-order valence-electron chi connectivity index (χ0n) is 16.8. The van der Waals surface area contributed by atoms with E-state index in [1.807, 2.05) is 17.4 Å². The van der Waals surface area contributed by atoms with Crippen LogP contribution in [-0.2, 0) is 13.0 Å². The third-order valence-corrected chi connectivity index (χ3v) is 6.79. The number of halogens is 2. The molecule has 1 atom stereocenters. The lowest BCUT2D eigenvalue weighted by atomic mass is 9.90. The van der Waals surface area contributed by atoms with Crippen molar-refractivity contribution in [1.82, 2.24) is 19.6 Å². The maximum absolute atomic E-state index is 14.7. The fourth-order valence-electron chi connectivity index (χ4n) is 4.76. The molecule has 6 nitrogen and oxygen atoms in total. The summed E-state index contributed by atoms with van der Waals surface area (Å²) in [5.74, 6) is 1.63. The Hall–Kier alpha value is -3.19. The summed E-state index contributed by atoms with van der Waals surface area (Å²) in [5, 5.41) is 12.6. The molecule has 5 heterocycles. The smallest absolute Gasteiger partial charge is 0.170 e. The highest BCUT2D eigenvalue weighted by molar-refractivity contribution is 6.34. The molecule has 4 aromatic rings. The van der Waals surface area contributed by atoms with Crippen molar-refractivity contribution in [3.8, 4) is 16.9 Å². The second-order valence-corrected chi connectivity index (χ2v) is 8.43. The van der Waals surface area contributed by atoms with Gasteiger partial charge in [-0.15, -0.1) is 10.2 Å². The van der Waals surface area contributed by atoms with Gasteiger partial charge in [0.25, 0.3) is 0 Å². The van der Waals surface area contributed by atoms with Gasteiger partial charge in [0.15, 0.2) is 5.65 Å². The van der Waals surface area contributed by atoms with Gasteiger partial charge in [-0.25, -0.2) is 4.39 Å². The summed E-state index contributed by atoms with van der Waals surface area (Å²) >= 11 is 6.60. The van der Waals surface area contributed by atoms with Crippen molar-refractivity contribution in [2.45, 2.75) is 32.2 Å². The Labute approximate surface area is 183 Å². The van der Waals surface area contributed by atoms with Crippen LogP contribution >= 0.6 is 11.6 Å². The Balaban J connectivity index is 1.54. The van der Waals surface area contributed by atoms with Crippen molar-refractivity contribution in [1.29, 1.82) is 0 Å². The number of aromatic nitrogens is 4. The minimum Gasteiger partial charge on any atom is -0.493 e. The van der Waals surface area contributed by atoms with Crippen molar-refractivity contribution in [2.75, 3.05) is 11.9 Å². The summed E-state index contributed by atoms with van der Waals surface area (Å²) in [5.41, 5.74) is 6.00. The molecule has 0 saturated heterocycles. The van der Waals surface area contributed by atoms with E-state index >= 15 is 0 Å². The first-order valence-corrected chi connectivity index (χ1v) is 10.6. The number of rotatable bonds is 1. The van der Waals surface area contributed by atoms with Gasteiger partial charge in [-0.3, -0.25) is 9.38 Å². The Morgan fingerprint density at radius 1 is 1.26 bits per heavy atom. The van der Waals surface area contributed by atoms with Crippen LogP contribution in [0.25, 0.3) is 16.8 Å². The SMILES string of the molecule is Cc1nccc(-c2cc3c(n4cnnc24)NCc2c(F)ccc4c2[C@@H](CC3)CO4)c1Cl. The van der Waals surface area contributed by atoms with E-state index in [9.17, 15) is 4.39 Å². The minimum absolute atomic E-state index is 0.167. The van der Waals surface area contributed by atoms with Crippen molar-refractivity contribution in [2.24, 2.45) is 0 Å². The average Bonchev–Trinajstić information content (AvgIpc) is 3.41. The lowest BCUT2D eigenvalue weighted by Crippen LogP contribution is -2.09. The number of hydrogen-bond acceptors (Lipinski definition) is 5. The monoisotopic (exact) mass is 435 g/mol. The van der Waals surface area contributed by atoms with Crippen molar-refractivity contribution in [3.63, 3.8) is 0 Å². The second-order valence-electron chi connectivity index (χ2n) is 8.05. The van der Waals surface area contributed by atoms with Gasteiger partial charge < -0.3 is 10.1 Å². The largest absolute Gasteiger partial charge is 0.493 e. The molecule has 31 heavy (non-hydrogen) atoms. The minimum atomic E-state index is -0.208. The van der Waals surface area contributed by atoms with E-state index < -0.39 is 0 Å². The van der Waals surface area contributed by atoms with Gasteiger partial charge in [0.05, 0.1) is 17.3 Å². The topological polar surface area (TPSA) is 64.3 Å². The van der Waals surface area contributed by atoms with E-state index in [2.05, 4.69) is 26.6 Å². The zero-order valence-corrected chi connectivity index (χ0v) is 17.6. The fraction of sp³-hybridized carbons (Fsp3) is 0.261. The van der Waals surface area contributed by atoms with Crippen LogP contribution in [-0.4, -0.2) is 26.2 Å². The van der Waals surface area contributed by atoms with Gasteiger partial charge in [0.2, 0.25) is 0 Å². The van der Waals surface area contributed by atoms with Crippen LogP contribution in [0.15, 0.2) is 36.8 Å². The van der Waals surface area contributed by atoms with E-state index in [0.29, 0.717) is 29.4 Å². The van der Waals surface area contributed by atoms with Gasteiger partial charge in [-0.1, -0.05) is 11.6 Å². The maximum Gasteiger partial charge on any atom is 0.170 e. The van der Waals surface area contributed by atoms with Gasteiger partial charge in [0.1, 0.15) is 23.7 Å². The Kier molecular flexibility index (Phi) is 4.14. The van der Waals surface area contributed by atoms with Gasteiger partial charge in [-0.05, 0) is 49.6 Å². The third-order valence-electron chi connectivity index (χ3n) is 6.31. The van der Waals surface area contributed by atoms with Crippen LogP contribution in [0.1, 0.15) is 34.7 Å². The van der Waals surface area contributed by atoms with Crippen LogP contribution in [0.3, 0.4) is 0 Å². The van der Waals surface area contributed by atoms with E-state index in [1.165, 1.54) is 6.07 Å². The first kappa shape index (κ1) is 18.6. The number of benzene rings is 1. The number of pyridine rings is 2. The van der Waals surface area contributed by atoms with Crippen LogP contribution in [0.2, 0.25) is 5.02 Å². The molecule has 6 rings (SSSR count). The number of nitrogens with zero attached hydrogens (tertiary/aromatic N) is 4. The molecular weight excluding hydrogens is 417 g/mol. The van der Waals surface area contributed by atoms with Crippen LogP contribution in [0.5, 0.6) is 5.75 Å². The summed E-state index contributed by atoms with van der Waals surface area (Å²) in [6, 6.07) is 7.25. The Morgan fingerprint density at radius 3 is 3.06 bits per heavy atom. The molecule has 1 N–H and O–H groups in total. The molecule has 2 aliphatic heterocycles. The van der Waals surface area contributed by atoms with Crippen molar-refractivity contribution in [3.05, 3.63) is 70.0 Å². The van der Waals surface area contributed by atoms with Crippen LogP contribution in [0, 0.1) is 12.7 Å². The highest BCUT2D eigenvalue weighted by Gasteiger charge is 2.31. The van der Waals surface area contributed by atoms with Gasteiger partial charge in [-0.2, -0.15) is 0 Å².